The van der Waals surface area contributed by atoms with Crippen molar-refractivity contribution in [3.63, 3.8) is 0 Å². The van der Waals surface area contributed by atoms with Crippen LogP contribution >= 0.6 is 11.6 Å². The second kappa shape index (κ2) is 5.13. The van der Waals surface area contributed by atoms with Crippen LogP contribution in [-0.2, 0) is 18.3 Å². The number of carbonyl (C=O) groups is 1. The molecule has 0 saturated heterocycles. The maximum absolute atomic E-state index is 10.7. The molecule has 0 amide bonds. The Morgan fingerprint density at radius 1 is 1.47 bits per heavy atom. The Labute approximate surface area is 116 Å². The smallest absolute Gasteiger partial charge is 0.303 e. The molecule has 0 fully saturated rings. The highest BCUT2D eigenvalue weighted by atomic mass is 35.5. The van der Waals surface area contributed by atoms with E-state index in [0.717, 1.165) is 22.2 Å². The van der Waals surface area contributed by atoms with Gasteiger partial charge < -0.3 is 14.4 Å². The Hall–Kier alpha value is -1.68. The van der Waals surface area contributed by atoms with E-state index in [0.29, 0.717) is 17.2 Å². The lowest BCUT2D eigenvalue weighted by Crippen LogP contribution is -2.03. The van der Waals surface area contributed by atoms with Gasteiger partial charge in [0, 0.05) is 23.6 Å². The van der Waals surface area contributed by atoms with Crippen molar-refractivity contribution >= 4 is 28.5 Å². The Morgan fingerprint density at radius 3 is 2.74 bits per heavy atom. The van der Waals surface area contributed by atoms with Gasteiger partial charge in [-0.15, -0.1) is 0 Å². The van der Waals surface area contributed by atoms with Gasteiger partial charge in [-0.2, -0.15) is 0 Å². The molecule has 5 heteroatoms. The monoisotopic (exact) mass is 281 g/mol. The Kier molecular flexibility index (Phi) is 3.71. The second-order valence-corrected chi connectivity index (χ2v) is 4.94. The van der Waals surface area contributed by atoms with Gasteiger partial charge in [-0.25, -0.2) is 0 Å². The molecule has 0 unspecified atom stereocenters. The van der Waals surface area contributed by atoms with E-state index in [1.807, 2.05) is 30.7 Å². The summed E-state index contributed by atoms with van der Waals surface area (Å²) in [5, 5.41) is 10.4. The topological polar surface area (TPSA) is 51.5 Å². The van der Waals surface area contributed by atoms with E-state index in [9.17, 15) is 4.79 Å². The predicted molar refractivity (Wildman–Crippen MR) is 75.2 cm³/mol. The van der Waals surface area contributed by atoms with Crippen LogP contribution in [0.5, 0.6) is 5.75 Å². The Balaban J connectivity index is 2.58. The van der Waals surface area contributed by atoms with Crippen molar-refractivity contribution in [3.05, 3.63) is 28.4 Å². The third-order valence-corrected chi connectivity index (χ3v) is 3.74. The third kappa shape index (κ3) is 2.40. The van der Waals surface area contributed by atoms with E-state index in [4.69, 9.17) is 21.4 Å². The van der Waals surface area contributed by atoms with Gasteiger partial charge in [-0.3, -0.25) is 4.79 Å². The number of hydrogen-bond acceptors (Lipinski definition) is 2. The van der Waals surface area contributed by atoms with E-state index in [1.165, 1.54) is 0 Å². The zero-order valence-electron chi connectivity index (χ0n) is 11.2. The number of benzene rings is 1. The van der Waals surface area contributed by atoms with Crippen LogP contribution in [0.1, 0.15) is 17.7 Å². The normalized spacial score (nSPS) is 10.9. The van der Waals surface area contributed by atoms with E-state index in [-0.39, 0.29) is 6.42 Å². The molecule has 0 atom stereocenters. The van der Waals surface area contributed by atoms with Crippen LogP contribution in [0.3, 0.4) is 0 Å². The first-order valence-corrected chi connectivity index (χ1v) is 6.36. The number of rotatable bonds is 4. The maximum atomic E-state index is 10.7. The van der Waals surface area contributed by atoms with Crippen LogP contribution in [0.4, 0.5) is 0 Å². The van der Waals surface area contributed by atoms with Crippen molar-refractivity contribution in [1.82, 2.24) is 4.57 Å². The van der Waals surface area contributed by atoms with Crippen LogP contribution in [-0.4, -0.2) is 22.8 Å². The summed E-state index contributed by atoms with van der Waals surface area (Å²) in [6.07, 6.45) is 0.627. The number of nitrogens with zero attached hydrogens (tertiary/aromatic N) is 1. The highest BCUT2D eigenvalue weighted by Crippen LogP contribution is 2.34. The summed E-state index contributed by atoms with van der Waals surface area (Å²) in [5.41, 5.74) is 3.08. The summed E-state index contributed by atoms with van der Waals surface area (Å²) < 4.78 is 7.22. The number of halogens is 1. The molecule has 0 saturated carbocycles. The average Bonchev–Trinajstić information content (AvgIpc) is 2.58. The molecule has 1 N–H and O–H groups in total. The fourth-order valence-corrected chi connectivity index (χ4v) is 2.65. The molecule has 1 aromatic carbocycles. The van der Waals surface area contributed by atoms with Crippen molar-refractivity contribution in [3.8, 4) is 5.75 Å². The minimum Gasteiger partial charge on any atom is -0.495 e. The van der Waals surface area contributed by atoms with Gasteiger partial charge in [0.15, 0.2) is 0 Å². The van der Waals surface area contributed by atoms with Crippen molar-refractivity contribution in [2.75, 3.05) is 7.11 Å². The van der Waals surface area contributed by atoms with Gasteiger partial charge in [0.1, 0.15) is 5.75 Å². The standard InChI is InChI=1S/C14H16ClNO3/c1-8-9-6-13(19-3)10(15)7-12(9)16(2)11(8)4-5-14(17)18/h6-7H,4-5H2,1-3H3,(H,17,18). The Bertz CT molecular complexity index is 646. The van der Waals surface area contributed by atoms with Crippen molar-refractivity contribution in [2.24, 2.45) is 7.05 Å². The highest BCUT2D eigenvalue weighted by molar-refractivity contribution is 6.32. The van der Waals surface area contributed by atoms with E-state index in [1.54, 1.807) is 7.11 Å². The minimum atomic E-state index is -0.791. The number of ether oxygens (including phenoxy) is 1. The summed E-state index contributed by atoms with van der Waals surface area (Å²) in [6, 6.07) is 3.75. The van der Waals surface area contributed by atoms with Crippen LogP contribution < -0.4 is 4.74 Å². The molecule has 2 rings (SSSR count). The number of hydrogen-bond donors (Lipinski definition) is 1. The lowest BCUT2D eigenvalue weighted by Gasteiger charge is -2.05. The van der Waals surface area contributed by atoms with E-state index < -0.39 is 5.97 Å². The molecule has 0 aliphatic heterocycles. The second-order valence-electron chi connectivity index (χ2n) is 4.53. The van der Waals surface area contributed by atoms with Crippen molar-refractivity contribution in [2.45, 2.75) is 19.8 Å². The summed E-state index contributed by atoms with van der Waals surface area (Å²) in [7, 11) is 3.51. The quantitative estimate of drug-likeness (QED) is 0.936. The molecule has 19 heavy (non-hydrogen) atoms. The lowest BCUT2D eigenvalue weighted by molar-refractivity contribution is -0.136. The summed E-state index contributed by atoms with van der Waals surface area (Å²) in [5.74, 6) is -0.159. The number of methoxy groups -OCH3 is 1. The molecule has 1 heterocycles. The number of carboxylic acids is 1. The molecular formula is C14H16ClNO3. The average molecular weight is 282 g/mol. The van der Waals surface area contributed by atoms with Crippen LogP contribution in [0.15, 0.2) is 12.1 Å². The Morgan fingerprint density at radius 2 is 2.16 bits per heavy atom. The molecule has 4 nitrogen and oxygen atoms in total. The number of aromatic nitrogens is 1. The van der Waals surface area contributed by atoms with Crippen LogP contribution in [0, 0.1) is 6.92 Å². The predicted octanol–water partition coefficient (Wildman–Crippen LogP) is 3.17. The maximum Gasteiger partial charge on any atom is 0.303 e. The highest BCUT2D eigenvalue weighted by Gasteiger charge is 2.15. The van der Waals surface area contributed by atoms with Crippen molar-refractivity contribution < 1.29 is 14.6 Å². The molecular weight excluding hydrogens is 266 g/mol. The molecule has 0 spiro atoms. The molecule has 0 aliphatic rings. The van der Waals surface area contributed by atoms with Gasteiger partial charge >= 0.3 is 5.97 Å². The molecule has 0 aliphatic carbocycles. The fraction of sp³-hybridized carbons (Fsp3) is 0.357. The minimum absolute atomic E-state index is 0.121. The van der Waals surface area contributed by atoms with Gasteiger partial charge in [0.05, 0.1) is 18.6 Å². The van der Waals surface area contributed by atoms with Crippen LogP contribution in [0.2, 0.25) is 5.02 Å². The molecule has 0 radical (unpaired) electrons. The summed E-state index contributed by atoms with van der Waals surface area (Å²) >= 11 is 6.13. The summed E-state index contributed by atoms with van der Waals surface area (Å²) in [6.45, 7) is 1.99. The first kappa shape index (κ1) is 13.7. The molecule has 1 aromatic heterocycles. The van der Waals surface area contributed by atoms with Gasteiger partial charge in [-0.1, -0.05) is 11.6 Å². The summed E-state index contributed by atoms with van der Waals surface area (Å²) in [4.78, 5) is 10.7. The zero-order valence-corrected chi connectivity index (χ0v) is 11.9. The fourth-order valence-electron chi connectivity index (χ4n) is 2.41. The first-order valence-electron chi connectivity index (χ1n) is 5.99. The number of fused-ring (bicyclic) bond motifs is 1. The van der Waals surface area contributed by atoms with Crippen LogP contribution in [0.25, 0.3) is 10.9 Å². The largest absolute Gasteiger partial charge is 0.495 e. The van der Waals surface area contributed by atoms with Crippen molar-refractivity contribution in [1.29, 1.82) is 0 Å². The number of carboxylic acid groups (broad SMARTS) is 1. The van der Waals surface area contributed by atoms with Gasteiger partial charge in [0.25, 0.3) is 0 Å². The molecule has 102 valence electrons. The SMILES string of the molecule is COc1cc2c(C)c(CCC(=O)O)n(C)c2cc1Cl. The lowest BCUT2D eigenvalue weighted by atomic mass is 10.1. The number of aryl methyl sites for hydroxylation is 2. The third-order valence-electron chi connectivity index (χ3n) is 3.45. The first-order chi connectivity index (χ1) is 8.95. The van der Waals surface area contributed by atoms with E-state index >= 15 is 0 Å². The van der Waals surface area contributed by atoms with Gasteiger partial charge in [0.2, 0.25) is 0 Å². The van der Waals surface area contributed by atoms with Gasteiger partial charge in [-0.05, 0) is 31.0 Å². The number of aliphatic carboxylic acids is 1. The molecule has 2 aromatic rings. The van der Waals surface area contributed by atoms with E-state index in [2.05, 4.69) is 0 Å². The zero-order chi connectivity index (χ0) is 14.2. The molecule has 0 bridgehead atoms.